The summed E-state index contributed by atoms with van der Waals surface area (Å²) in [6.07, 6.45) is 4.15. The van der Waals surface area contributed by atoms with Gasteiger partial charge in [0.1, 0.15) is 17.7 Å². The maximum Gasteiger partial charge on any atom is 0.408 e. The number of fused-ring (bicyclic) bond motifs is 1. The summed E-state index contributed by atoms with van der Waals surface area (Å²) >= 11 is 0. The van der Waals surface area contributed by atoms with Crippen LogP contribution in [0.25, 0.3) is 0 Å². The topological polar surface area (TPSA) is 103 Å². The molecule has 3 aliphatic rings. The number of carbonyl (C=O) groups is 2. The molecular weight excluding hydrogens is 334 g/mol. The van der Waals surface area contributed by atoms with E-state index in [-0.39, 0.29) is 18.6 Å². The molecule has 0 aromatic carbocycles. The van der Waals surface area contributed by atoms with Crippen LogP contribution >= 0.6 is 0 Å². The standard InChI is InChI=1S/C19H29N3O4/c1-18(2,3)26-17(25)21-15(19(11-23)6-4-5-7-19)16(24)22-13(10-20)8-12-9-14(12)22/h12-15,23H,4-9,11H2,1-3H3,(H,21,25)/t12-,13?,14?,15?/m1/s1. The van der Waals surface area contributed by atoms with Crippen molar-refractivity contribution in [3.05, 3.63) is 0 Å². The number of aliphatic hydroxyl groups is 1. The Labute approximate surface area is 154 Å². The highest BCUT2D eigenvalue weighted by molar-refractivity contribution is 5.88. The average molecular weight is 363 g/mol. The van der Waals surface area contributed by atoms with Crippen LogP contribution in [0.15, 0.2) is 0 Å². The number of nitrogens with one attached hydrogen (secondary N) is 1. The Morgan fingerprint density at radius 1 is 1.35 bits per heavy atom. The number of alkyl carbamates (subject to hydrolysis) is 1. The Kier molecular flexibility index (Phi) is 4.91. The van der Waals surface area contributed by atoms with E-state index in [9.17, 15) is 20.0 Å². The molecule has 1 aliphatic heterocycles. The van der Waals surface area contributed by atoms with Gasteiger partial charge in [-0.15, -0.1) is 0 Å². The summed E-state index contributed by atoms with van der Waals surface area (Å²) in [4.78, 5) is 27.4. The minimum Gasteiger partial charge on any atom is -0.444 e. The summed E-state index contributed by atoms with van der Waals surface area (Å²) in [6, 6.07) is 1.03. The molecule has 1 heterocycles. The Morgan fingerprint density at radius 3 is 2.54 bits per heavy atom. The number of hydrogen-bond donors (Lipinski definition) is 2. The lowest BCUT2D eigenvalue weighted by Crippen LogP contribution is -2.59. The summed E-state index contributed by atoms with van der Waals surface area (Å²) in [5.41, 5.74) is -1.36. The van der Waals surface area contributed by atoms with Crippen LogP contribution in [0, 0.1) is 22.7 Å². The number of nitrogens with zero attached hydrogens (tertiary/aromatic N) is 2. The largest absolute Gasteiger partial charge is 0.444 e. The SMILES string of the molecule is CC(C)(C)OC(=O)NC(C(=O)N1C(C#N)C[C@@H]2CC21)C1(CO)CCCC1. The van der Waals surface area contributed by atoms with Crippen molar-refractivity contribution < 1.29 is 19.4 Å². The summed E-state index contributed by atoms with van der Waals surface area (Å²) in [5, 5.41) is 22.3. The lowest BCUT2D eigenvalue weighted by atomic mass is 9.78. The van der Waals surface area contributed by atoms with Crippen LogP contribution in [0.2, 0.25) is 0 Å². The van der Waals surface area contributed by atoms with Crippen molar-refractivity contribution >= 4 is 12.0 Å². The zero-order chi connectivity index (χ0) is 19.1. The van der Waals surface area contributed by atoms with Crippen LogP contribution in [0.1, 0.15) is 59.3 Å². The van der Waals surface area contributed by atoms with Gasteiger partial charge >= 0.3 is 6.09 Å². The molecular formula is C19H29N3O4. The van der Waals surface area contributed by atoms with Crippen LogP contribution in [0.4, 0.5) is 4.79 Å². The number of hydrogen-bond acceptors (Lipinski definition) is 5. The van der Waals surface area contributed by atoms with E-state index in [1.54, 1.807) is 25.7 Å². The number of likely N-dealkylation sites (tertiary alicyclic amines) is 1. The fourth-order valence-corrected chi connectivity index (χ4v) is 4.56. The second-order valence-electron chi connectivity index (χ2n) is 9.00. The van der Waals surface area contributed by atoms with E-state index < -0.39 is 29.2 Å². The number of nitriles is 1. The van der Waals surface area contributed by atoms with Gasteiger partial charge in [-0.2, -0.15) is 5.26 Å². The van der Waals surface area contributed by atoms with Crippen LogP contribution < -0.4 is 5.32 Å². The molecule has 2 N–H and O–H groups in total. The van der Waals surface area contributed by atoms with Gasteiger partial charge in [-0.25, -0.2) is 4.79 Å². The molecule has 0 spiro atoms. The Balaban J connectivity index is 1.84. The van der Waals surface area contributed by atoms with Gasteiger partial charge in [-0.1, -0.05) is 12.8 Å². The molecule has 0 radical (unpaired) electrons. The third-order valence-electron chi connectivity index (χ3n) is 5.94. The smallest absolute Gasteiger partial charge is 0.408 e. The first kappa shape index (κ1) is 19.0. The highest BCUT2D eigenvalue weighted by Gasteiger charge is 2.57. The molecule has 26 heavy (non-hydrogen) atoms. The summed E-state index contributed by atoms with van der Waals surface area (Å²) in [6.45, 7) is 5.13. The fraction of sp³-hybridized carbons (Fsp3) is 0.842. The van der Waals surface area contributed by atoms with Gasteiger partial charge in [0.2, 0.25) is 5.91 Å². The third kappa shape index (κ3) is 3.52. The average Bonchev–Trinajstić information content (AvgIpc) is 3.01. The monoisotopic (exact) mass is 363 g/mol. The number of amides is 2. The summed E-state index contributed by atoms with van der Waals surface area (Å²) in [7, 11) is 0. The van der Waals surface area contributed by atoms with Crippen molar-refractivity contribution in [1.29, 1.82) is 5.26 Å². The van der Waals surface area contributed by atoms with Gasteiger partial charge in [0.25, 0.3) is 0 Å². The van der Waals surface area contributed by atoms with Crippen molar-refractivity contribution in [1.82, 2.24) is 10.2 Å². The van der Waals surface area contributed by atoms with Crippen molar-refractivity contribution in [2.75, 3.05) is 6.61 Å². The molecule has 2 saturated carbocycles. The lowest BCUT2D eigenvalue weighted by molar-refractivity contribution is -0.139. The van der Waals surface area contributed by atoms with E-state index in [4.69, 9.17) is 4.74 Å². The van der Waals surface area contributed by atoms with Crippen molar-refractivity contribution in [2.24, 2.45) is 11.3 Å². The predicted molar refractivity (Wildman–Crippen MR) is 93.9 cm³/mol. The first-order valence-corrected chi connectivity index (χ1v) is 9.53. The molecule has 1 saturated heterocycles. The molecule has 3 fully saturated rings. The number of carbonyl (C=O) groups excluding carboxylic acids is 2. The van der Waals surface area contributed by atoms with E-state index >= 15 is 0 Å². The van der Waals surface area contributed by atoms with Crippen LogP contribution in [-0.4, -0.2) is 52.3 Å². The summed E-state index contributed by atoms with van der Waals surface area (Å²) < 4.78 is 5.35. The molecule has 4 atom stereocenters. The second-order valence-corrected chi connectivity index (χ2v) is 9.00. The highest BCUT2D eigenvalue weighted by Crippen LogP contribution is 2.49. The quantitative estimate of drug-likeness (QED) is 0.795. The van der Waals surface area contributed by atoms with Gasteiger partial charge in [0.15, 0.2) is 0 Å². The number of ether oxygens (including phenoxy) is 1. The molecule has 0 aromatic heterocycles. The minimum absolute atomic E-state index is 0.104. The van der Waals surface area contributed by atoms with Gasteiger partial charge in [-0.3, -0.25) is 4.79 Å². The number of aliphatic hydroxyl groups excluding tert-OH is 1. The van der Waals surface area contributed by atoms with Gasteiger partial charge in [0.05, 0.1) is 12.7 Å². The van der Waals surface area contributed by atoms with E-state index in [1.165, 1.54) is 0 Å². The second kappa shape index (κ2) is 6.73. The van der Waals surface area contributed by atoms with Gasteiger partial charge in [0, 0.05) is 11.5 Å². The highest BCUT2D eigenvalue weighted by atomic mass is 16.6. The fourth-order valence-electron chi connectivity index (χ4n) is 4.56. The number of rotatable bonds is 4. The van der Waals surface area contributed by atoms with Crippen molar-refractivity contribution in [3.8, 4) is 6.07 Å². The molecule has 2 aliphatic carbocycles. The van der Waals surface area contributed by atoms with Gasteiger partial charge in [-0.05, 0) is 52.4 Å². The Bertz CT molecular complexity index is 615. The van der Waals surface area contributed by atoms with Crippen molar-refractivity contribution in [3.63, 3.8) is 0 Å². The van der Waals surface area contributed by atoms with Crippen LogP contribution in [0.5, 0.6) is 0 Å². The molecule has 0 bridgehead atoms. The zero-order valence-corrected chi connectivity index (χ0v) is 15.8. The lowest BCUT2D eigenvalue weighted by Gasteiger charge is -2.39. The molecule has 7 heteroatoms. The first-order chi connectivity index (χ1) is 12.2. The summed E-state index contributed by atoms with van der Waals surface area (Å²) in [5.74, 6) is 0.155. The third-order valence-corrected chi connectivity index (χ3v) is 5.94. The molecule has 7 nitrogen and oxygen atoms in total. The zero-order valence-electron chi connectivity index (χ0n) is 15.8. The molecule has 3 rings (SSSR count). The van der Waals surface area contributed by atoms with Crippen molar-refractivity contribution in [2.45, 2.75) is 83.0 Å². The van der Waals surface area contributed by atoms with E-state index in [0.29, 0.717) is 25.2 Å². The van der Waals surface area contributed by atoms with Crippen LogP contribution in [0.3, 0.4) is 0 Å². The first-order valence-electron chi connectivity index (χ1n) is 9.53. The Hall–Kier alpha value is -1.81. The maximum atomic E-state index is 13.4. The molecule has 3 unspecified atom stereocenters. The van der Waals surface area contributed by atoms with Crippen LogP contribution in [-0.2, 0) is 9.53 Å². The van der Waals surface area contributed by atoms with E-state index in [0.717, 1.165) is 19.3 Å². The van der Waals surface area contributed by atoms with E-state index in [2.05, 4.69) is 11.4 Å². The maximum absolute atomic E-state index is 13.4. The predicted octanol–water partition coefficient (Wildman–Crippen LogP) is 1.95. The van der Waals surface area contributed by atoms with Gasteiger partial charge < -0.3 is 20.1 Å². The number of piperidine rings is 1. The molecule has 0 aromatic rings. The minimum atomic E-state index is -0.861. The molecule has 2 amide bonds. The molecule has 144 valence electrons. The Morgan fingerprint density at radius 2 is 2.00 bits per heavy atom. The normalized spacial score (nSPS) is 30.3. The van der Waals surface area contributed by atoms with E-state index in [1.807, 2.05) is 0 Å².